The van der Waals surface area contributed by atoms with Gasteiger partial charge in [0.1, 0.15) is 11.0 Å². The van der Waals surface area contributed by atoms with E-state index in [1.807, 2.05) is 42.5 Å². The van der Waals surface area contributed by atoms with E-state index < -0.39 is 5.60 Å². The summed E-state index contributed by atoms with van der Waals surface area (Å²) < 4.78 is 3.32. The number of benzene rings is 1. The van der Waals surface area contributed by atoms with Gasteiger partial charge in [0.2, 0.25) is 5.95 Å². The number of nitrogens with zero attached hydrogens (tertiary/aromatic N) is 6. The number of nitrogens with one attached hydrogen (secondary N) is 2. The average Bonchev–Trinajstić information content (AvgIpc) is 3.19. The van der Waals surface area contributed by atoms with Gasteiger partial charge in [-0.05, 0) is 56.2 Å². The number of anilines is 3. The predicted molar refractivity (Wildman–Crippen MR) is 144 cm³/mol. The van der Waals surface area contributed by atoms with Gasteiger partial charge in [-0.25, -0.2) is 19.3 Å². The molecular formula is C27H30N8O2. The molecule has 6 rings (SSSR count). The molecule has 1 saturated heterocycles. The van der Waals surface area contributed by atoms with Gasteiger partial charge in [-0.1, -0.05) is 18.2 Å². The van der Waals surface area contributed by atoms with Crippen LogP contribution in [0, 0.1) is 0 Å². The summed E-state index contributed by atoms with van der Waals surface area (Å²) in [5.74, 6) is 0.904. The van der Waals surface area contributed by atoms with Gasteiger partial charge in [0.15, 0.2) is 11.5 Å². The summed E-state index contributed by atoms with van der Waals surface area (Å²) in [6.45, 7) is 6.07. The van der Waals surface area contributed by atoms with Crippen LogP contribution in [0.25, 0.3) is 16.9 Å². The quantitative estimate of drug-likeness (QED) is 0.370. The lowest BCUT2D eigenvalue weighted by Crippen LogP contribution is -2.43. The number of allylic oxidation sites excluding steroid dienone is 2. The molecular weight excluding hydrogens is 468 g/mol. The zero-order valence-electron chi connectivity index (χ0n) is 20.8. The van der Waals surface area contributed by atoms with Crippen LogP contribution in [0.3, 0.4) is 0 Å². The molecule has 3 aromatic heterocycles. The minimum absolute atomic E-state index is 0.190. The number of pyridine rings is 1. The zero-order valence-corrected chi connectivity index (χ0v) is 20.8. The highest BCUT2D eigenvalue weighted by Gasteiger charge is 2.26. The first kappa shape index (κ1) is 23.4. The van der Waals surface area contributed by atoms with Crippen LogP contribution in [0.4, 0.5) is 17.3 Å². The monoisotopic (exact) mass is 498 g/mol. The Kier molecular flexibility index (Phi) is 5.97. The summed E-state index contributed by atoms with van der Waals surface area (Å²) in [5.41, 5.74) is 1.77. The fourth-order valence-electron chi connectivity index (χ4n) is 4.92. The molecule has 10 nitrogen and oxygen atoms in total. The fraction of sp³-hybridized carbons (Fsp3) is 0.333. The maximum absolute atomic E-state index is 13.3. The molecule has 2 bridgehead atoms. The minimum Gasteiger partial charge on any atom is -0.384 e. The number of rotatable bonds is 3. The second-order valence-corrected chi connectivity index (χ2v) is 9.70. The van der Waals surface area contributed by atoms with Crippen molar-refractivity contribution in [2.24, 2.45) is 0 Å². The van der Waals surface area contributed by atoms with E-state index in [0.717, 1.165) is 31.9 Å². The molecule has 190 valence electrons. The first-order valence-electron chi connectivity index (χ1n) is 12.7. The van der Waals surface area contributed by atoms with Crippen molar-refractivity contribution in [1.82, 2.24) is 29.6 Å². The Morgan fingerprint density at radius 1 is 1.05 bits per heavy atom. The molecule has 1 atom stereocenters. The molecule has 0 spiro atoms. The Bertz CT molecular complexity index is 1510. The van der Waals surface area contributed by atoms with Crippen molar-refractivity contribution in [2.45, 2.75) is 31.9 Å². The van der Waals surface area contributed by atoms with E-state index in [-0.39, 0.29) is 5.56 Å². The Balaban J connectivity index is 1.39. The molecule has 0 aliphatic carbocycles. The van der Waals surface area contributed by atoms with Crippen LogP contribution in [0.15, 0.2) is 65.6 Å². The zero-order chi connectivity index (χ0) is 25.4. The van der Waals surface area contributed by atoms with Gasteiger partial charge < -0.3 is 20.6 Å². The number of hydrogen-bond donors (Lipinski definition) is 3. The molecule has 2 aliphatic heterocycles. The van der Waals surface area contributed by atoms with E-state index in [0.29, 0.717) is 47.9 Å². The Hall–Kier alpha value is -4.02. The summed E-state index contributed by atoms with van der Waals surface area (Å²) >= 11 is 0. The van der Waals surface area contributed by atoms with E-state index in [1.54, 1.807) is 22.5 Å². The Morgan fingerprint density at radius 2 is 1.86 bits per heavy atom. The minimum atomic E-state index is -1.09. The van der Waals surface area contributed by atoms with Gasteiger partial charge in [-0.2, -0.15) is 4.98 Å². The number of aliphatic hydroxyl groups is 1. The highest BCUT2D eigenvalue weighted by atomic mass is 16.3. The molecule has 10 heteroatoms. The summed E-state index contributed by atoms with van der Waals surface area (Å²) in [4.78, 5) is 29.6. The molecule has 2 aliphatic rings. The average molecular weight is 499 g/mol. The van der Waals surface area contributed by atoms with Crippen molar-refractivity contribution in [3.05, 3.63) is 76.9 Å². The second kappa shape index (κ2) is 9.45. The SMILES string of the molecule is CC1(O)CCC=CCn2c(=O)c3cnc(Nc4ccc(N5CCNCC5)cc4)nc3n2-c2cccc1n2. The lowest BCUT2D eigenvalue weighted by atomic mass is 9.95. The van der Waals surface area contributed by atoms with Gasteiger partial charge in [0, 0.05) is 43.8 Å². The van der Waals surface area contributed by atoms with Crippen molar-refractivity contribution < 1.29 is 5.11 Å². The third-order valence-corrected chi connectivity index (χ3v) is 7.03. The van der Waals surface area contributed by atoms with Gasteiger partial charge in [0.05, 0.1) is 12.2 Å². The lowest BCUT2D eigenvalue weighted by molar-refractivity contribution is 0.0443. The smallest absolute Gasteiger partial charge is 0.278 e. The van der Waals surface area contributed by atoms with Crippen LogP contribution < -0.4 is 21.1 Å². The number of fused-ring (bicyclic) bond motifs is 6. The van der Waals surface area contributed by atoms with E-state index in [9.17, 15) is 9.90 Å². The number of hydrogen-bond acceptors (Lipinski definition) is 8. The van der Waals surface area contributed by atoms with Crippen LogP contribution in [0.2, 0.25) is 0 Å². The maximum Gasteiger partial charge on any atom is 0.278 e. The summed E-state index contributed by atoms with van der Waals surface area (Å²) in [7, 11) is 0. The maximum atomic E-state index is 13.3. The van der Waals surface area contributed by atoms with Gasteiger partial charge in [0.25, 0.3) is 5.56 Å². The van der Waals surface area contributed by atoms with E-state index in [4.69, 9.17) is 9.97 Å². The lowest BCUT2D eigenvalue weighted by Gasteiger charge is -2.29. The van der Waals surface area contributed by atoms with Crippen molar-refractivity contribution in [3.63, 3.8) is 0 Å². The van der Waals surface area contributed by atoms with Crippen molar-refractivity contribution in [2.75, 3.05) is 36.4 Å². The topological polar surface area (TPSA) is 113 Å². The van der Waals surface area contributed by atoms with Crippen molar-refractivity contribution in [3.8, 4) is 5.82 Å². The van der Waals surface area contributed by atoms with Crippen LogP contribution in [0.1, 0.15) is 25.5 Å². The Morgan fingerprint density at radius 3 is 2.68 bits per heavy atom. The largest absolute Gasteiger partial charge is 0.384 e. The van der Waals surface area contributed by atoms with Crippen molar-refractivity contribution >= 4 is 28.4 Å². The normalized spacial score (nSPS) is 19.9. The van der Waals surface area contributed by atoms with E-state index in [2.05, 4.69) is 32.7 Å². The standard InChI is InChI=1S/C27H30N8O2/c1-27(37)12-3-2-4-15-34-25(36)21-18-29-26(32-24(21)35(34)23-7-5-6-22(27)31-23)30-19-8-10-20(11-9-19)33-16-13-28-14-17-33/h2,4-11,18,28,37H,3,12-17H2,1H3,(H,29,30,32). The third-order valence-electron chi connectivity index (χ3n) is 7.03. The van der Waals surface area contributed by atoms with Crippen LogP contribution >= 0.6 is 0 Å². The molecule has 1 aromatic carbocycles. The van der Waals surface area contributed by atoms with Gasteiger partial charge in [-0.15, -0.1) is 0 Å². The van der Waals surface area contributed by atoms with Crippen LogP contribution in [-0.4, -0.2) is 55.6 Å². The second-order valence-electron chi connectivity index (χ2n) is 9.70. The highest BCUT2D eigenvalue weighted by molar-refractivity contribution is 5.77. The van der Waals surface area contributed by atoms with Crippen LogP contribution in [0.5, 0.6) is 0 Å². The molecule has 37 heavy (non-hydrogen) atoms. The molecule has 3 N–H and O–H groups in total. The van der Waals surface area contributed by atoms with Crippen LogP contribution in [-0.2, 0) is 12.1 Å². The van der Waals surface area contributed by atoms with E-state index >= 15 is 0 Å². The third kappa shape index (κ3) is 4.49. The van der Waals surface area contributed by atoms with Gasteiger partial charge in [-0.3, -0.25) is 4.79 Å². The van der Waals surface area contributed by atoms with Gasteiger partial charge >= 0.3 is 0 Å². The first-order valence-corrected chi connectivity index (χ1v) is 12.7. The molecule has 4 aromatic rings. The molecule has 0 amide bonds. The number of aromatic nitrogens is 5. The highest BCUT2D eigenvalue weighted by Crippen LogP contribution is 2.27. The summed E-state index contributed by atoms with van der Waals surface area (Å²) in [6, 6.07) is 13.7. The molecule has 0 saturated carbocycles. The van der Waals surface area contributed by atoms with Crippen molar-refractivity contribution in [1.29, 1.82) is 0 Å². The molecule has 1 unspecified atom stereocenters. The predicted octanol–water partition coefficient (Wildman–Crippen LogP) is 2.69. The first-order chi connectivity index (χ1) is 18.0. The molecule has 1 fully saturated rings. The summed E-state index contributed by atoms with van der Waals surface area (Å²) in [5, 5.41) is 18.1. The number of piperazine rings is 1. The molecule has 0 radical (unpaired) electrons. The molecule has 5 heterocycles. The van der Waals surface area contributed by atoms with E-state index in [1.165, 1.54) is 5.69 Å². The fourth-order valence-corrected chi connectivity index (χ4v) is 4.92. The summed E-state index contributed by atoms with van der Waals surface area (Å²) in [6.07, 6.45) is 6.70. The Labute approximate surface area is 214 Å².